The van der Waals surface area contributed by atoms with Crippen molar-refractivity contribution >= 4 is 21.6 Å². The molecule has 0 spiro atoms. The van der Waals surface area contributed by atoms with E-state index < -0.39 is 15.9 Å². The summed E-state index contributed by atoms with van der Waals surface area (Å²) in [5.74, 6) is -0.413. The number of rotatable bonds is 7. The first kappa shape index (κ1) is 18.6. The molecule has 0 radical (unpaired) electrons. The minimum atomic E-state index is -3.88. The summed E-state index contributed by atoms with van der Waals surface area (Å²) >= 11 is 0. The largest absolute Gasteiger partial charge is 0.349 e. The number of amides is 1. The van der Waals surface area contributed by atoms with E-state index in [0.29, 0.717) is 11.4 Å². The molecule has 27 heavy (non-hydrogen) atoms. The molecule has 1 amide bonds. The Bertz CT molecular complexity index is 979. The Kier molecular flexibility index (Phi) is 5.83. The van der Waals surface area contributed by atoms with Crippen molar-refractivity contribution < 1.29 is 13.2 Å². The molecule has 6 nitrogen and oxygen atoms in total. The topological polar surface area (TPSA) is 79.4 Å². The average molecular weight is 381 g/mol. The Morgan fingerprint density at radius 3 is 2.15 bits per heavy atom. The molecule has 1 aromatic heterocycles. The van der Waals surface area contributed by atoms with Gasteiger partial charge in [0.2, 0.25) is 5.91 Å². The SMILES string of the molecule is O=C(CN(c1ccccc1)S(=O)(=O)c1ccccc1)NCc1ccccn1. The van der Waals surface area contributed by atoms with Gasteiger partial charge in [0, 0.05) is 6.20 Å². The molecule has 0 saturated carbocycles. The number of nitrogens with zero attached hydrogens (tertiary/aromatic N) is 2. The van der Waals surface area contributed by atoms with Crippen molar-refractivity contribution in [1.82, 2.24) is 10.3 Å². The number of aromatic nitrogens is 1. The van der Waals surface area contributed by atoms with Gasteiger partial charge < -0.3 is 5.32 Å². The number of para-hydroxylation sites is 1. The summed E-state index contributed by atoms with van der Waals surface area (Å²) in [6.07, 6.45) is 1.64. The number of sulfonamides is 1. The first-order valence-corrected chi connectivity index (χ1v) is 9.81. The van der Waals surface area contributed by atoms with Crippen molar-refractivity contribution in [3.8, 4) is 0 Å². The molecule has 0 saturated heterocycles. The molecule has 7 heteroatoms. The fourth-order valence-electron chi connectivity index (χ4n) is 2.51. The minimum absolute atomic E-state index is 0.131. The molecule has 0 bridgehead atoms. The maximum Gasteiger partial charge on any atom is 0.264 e. The van der Waals surface area contributed by atoms with Crippen LogP contribution in [0.3, 0.4) is 0 Å². The van der Waals surface area contributed by atoms with Crippen molar-refractivity contribution in [2.24, 2.45) is 0 Å². The molecule has 0 aliphatic rings. The Labute approximate surface area is 158 Å². The lowest BCUT2D eigenvalue weighted by atomic mass is 10.3. The van der Waals surface area contributed by atoms with Crippen LogP contribution in [0.2, 0.25) is 0 Å². The Morgan fingerprint density at radius 1 is 0.889 bits per heavy atom. The smallest absolute Gasteiger partial charge is 0.264 e. The van der Waals surface area contributed by atoms with Crippen molar-refractivity contribution in [3.05, 3.63) is 90.8 Å². The van der Waals surface area contributed by atoms with Gasteiger partial charge in [0.05, 0.1) is 22.8 Å². The van der Waals surface area contributed by atoms with Crippen LogP contribution < -0.4 is 9.62 Å². The van der Waals surface area contributed by atoms with E-state index in [9.17, 15) is 13.2 Å². The fourth-order valence-corrected chi connectivity index (χ4v) is 3.95. The molecule has 1 N–H and O–H groups in total. The third-order valence-corrected chi connectivity index (χ3v) is 5.64. The van der Waals surface area contributed by atoms with Gasteiger partial charge in [0.1, 0.15) is 6.54 Å². The first-order valence-electron chi connectivity index (χ1n) is 8.37. The van der Waals surface area contributed by atoms with Gasteiger partial charge in [0.15, 0.2) is 0 Å². The van der Waals surface area contributed by atoms with Crippen LogP contribution in [-0.4, -0.2) is 25.9 Å². The Balaban J connectivity index is 1.82. The number of hydrogen-bond acceptors (Lipinski definition) is 4. The predicted molar refractivity (Wildman–Crippen MR) is 103 cm³/mol. The van der Waals surface area contributed by atoms with Crippen molar-refractivity contribution in [1.29, 1.82) is 0 Å². The third-order valence-electron chi connectivity index (χ3n) is 3.86. The van der Waals surface area contributed by atoms with Crippen LogP contribution in [-0.2, 0) is 21.4 Å². The maximum atomic E-state index is 13.1. The summed E-state index contributed by atoms with van der Waals surface area (Å²) in [5, 5.41) is 2.72. The van der Waals surface area contributed by atoms with Gasteiger partial charge in [0.25, 0.3) is 10.0 Å². The maximum absolute atomic E-state index is 13.1. The second-order valence-electron chi connectivity index (χ2n) is 5.76. The van der Waals surface area contributed by atoms with E-state index in [1.807, 2.05) is 6.07 Å². The van der Waals surface area contributed by atoms with E-state index in [1.165, 1.54) is 12.1 Å². The molecule has 0 aliphatic carbocycles. The zero-order chi connectivity index (χ0) is 19.1. The number of hydrogen-bond donors (Lipinski definition) is 1. The molecule has 1 heterocycles. The Morgan fingerprint density at radius 2 is 1.52 bits per heavy atom. The first-order chi connectivity index (χ1) is 13.1. The molecule has 0 unspecified atom stereocenters. The lowest BCUT2D eigenvalue weighted by Gasteiger charge is -2.24. The third kappa shape index (κ3) is 4.71. The average Bonchev–Trinajstić information content (AvgIpc) is 2.72. The highest BCUT2D eigenvalue weighted by atomic mass is 32.2. The fraction of sp³-hybridized carbons (Fsp3) is 0.100. The van der Waals surface area contributed by atoms with Crippen molar-refractivity contribution in [3.63, 3.8) is 0 Å². The lowest BCUT2D eigenvalue weighted by Crippen LogP contribution is -2.40. The number of nitrogens with one attached hydrogen (secondary N) is 1. The molecule has 0 aliphatic heterocycles. The quantitative estimate of drug-likeness (QED) is 0.682. The van der Waals surface area contributed by atoms with Gasteiger partial charge >= 0.3 is 0 Å². The van der Waals surface area contributed by atoms with Gasteiger partial charge in [-0.15, -0.1) is 0 Å². The van der Waals surface area contributed by atoms with Crippen molar-refractivity contribution in [2.75, 3.05) is 10.8 Å². The summed E-state index contributed by atoms with van der Waals surface area (Å²) < 4.78 is 27.3. The standard InChI is InChI=1S/C20H19N3O3S/c24-20(22-15-17-9-7-8-14-21-17)16-23(18-10-3-1-4-11-18)27(25,26)19-12-5-2-6-13-19/h1-14H,15-16H2,(H,22,24). The number of benzene rings is 2. The van der Waals surface area contributed by atoms with Crippen LogP contribution in [0.15, 0.2) is 90.0 Å². The summed E-state index contributed by atoms with van der Waals surface area (Å²) in [6, 6.07) is 22.0. The molecule has 0 atom stereocenters. The number of carbonyl (C=O) groups excluding carboxylic acids is 1. The van der Waals surface area contributed by atoms with Gasteiger partial charge in [-0.25, -0.2) is 8.42 Å². The second kappa shape index (κ2) is 8.46. The van der Waals surface area contributed by atoms with E-state index >= 15 is 0 Å². The van der Waals surface area contributed by atoms with Gasteiger partial charge in [-0.05, 0) is 36.4 Å². The summed E-state index contributed by atoms with van der Waals surface area (Å²) in [6.45, 7) is -0.0955. The zero-order valence-electron chi connectivity index (χ0n) is 14.5. The van der Waals surface area contributed by atoms with Gasteiger partial charge in [-0.2, -0.15) is 0 Å². The predicted octanol–water partition coefficient (Wildman–Crippen LogP) is 2.59. The molecule has 138 valence electrons. The second-order valence-corrected chi connectivity index (χ2v) is 7.62. The highest BCUT2D eigenvalue weighted by molar-refractivity contribution is 7.92. The highest BCUT2D eigenvalue weighted by Gasteiger charge is 2.26. The van der Waals surface area contributed by atoms with Crippen LogP contribution in [0.25, 0.3) is 0 Å². The molecule has 2 aromatic carbocycles. The van der Waals surface area contributed by atoms with Crippen molar-refractivity contribution in [2.45, 2.75) is 11.4 Å². The molecule has 3 aromatic rings. The van der Waals surface area contributed by atoms with E-state index in [4.69, 9.17) is 0 Å². The summed E-state index contributed by atoms with van der Waals surface area (Å²) in [5.41, 5.74) is 1.12. The molecular formula is C20H19N3O3S. The molecular weight excluding hydrogens is 362 g/mol. The van der Waals surface area contributed by atoms with Crippen LogP contribution >= 0.6 is 0 Å². The van der Waals surface area contributed by atoms with E-state index in [2.05, 4.69) is 10.3 Å². The highest BCUT2D eigenvalue weighted by Crippen LogP contribution is 2.23. The normalized spacial score (nSPS) is 11.0. The van der Waals surface area contributed by atoms with E-state index in [1.54, 1.807) is 66.9 Å². The summed E-state index contributed by atoms with van der Waals surface area (Å²) in [7, 11) is -3.88. The van der Waals surface area contributed by atoms with Crippen LogP contribution in [0, 0.1) is 0 Å². The van der Waals surface area contributed by atoms with Crippen LogP contribution in [0.4, 0.5) is 5.69 Å². The lowest BCUT2D eigenvalue weighted by molar-refractivity contribution is -0.119. The minimum Gasteiger partial charge on any atom is -0.349 e. The molecule has 3 rings (SSSR count). The number of anilines is 1. The summed E-state index contributed by atoms with van der Waals surface area (Å²) in [4.78, 5) is 16.7. The van der Waals surface area contributed by atoms with Gasteiger partial charge in [-0.3, -0.25) is 14.1 Å². The van der Waals surface area contributed by atoms with Crippen LogP contribution in [0.1, 0.15) is 5.69 Å². The Hall–Kier alpha value is -3.19. The van der Waals surface area contributed by atoms with E-state index in [0.717, 1.165) is 4.31 Å². The van der Waals surface area contributed by atoms with Gasteiger partial charge in [-0.1, -0.05) is 42.5 Å². The number of pyridine rings is 1. The van der Waals surface area contributed by atoms with Crippen LogP contribution in [0.5, 0.6) is 0 Å². The van der Waals surface area contributed by atoms with E-state index in [-0.39, 0.29) is 18.0 Å². The zero-order valence-corrected chi connectivity index (χ0v) is 15.3. The monoisotopic (exact) mass is 381 g/mol. The molecule has 0 fully saturated rings. The number of carbonyl (C=O) groups is 1.